The molecule has 3 aromatic carbocycles. The van der Waals surface area contributed by atoms with Crippen LogP contribution in [0.15, 0.2) is 71.6 Å². The summed E-state index contributed by atoms with van der Waals surface area (Å²) in [7, 11) is -1.67. The monoisotopic (exact) mass is 532 g/mol. The van der Waals surface area contributed by atoms with Crippen molar-refractivity contribution in [1.82, 2.24) is 4.31 Å². The lowest BCUT2D eigenvalue weighted by Gasteiger charge is -2.29. The van der Waals surface area contributed by atoms with Crippen LogP contribution >= 0.6 is 11.6 Å². The summed E-state index contributed by atoms with van der Waals surface area (Å²) in [4.78, 5) is 27.6. The van der Waals surface area contributed by atoms with Gasteiger partial charge in [-0.05, 0) is 48.0 Å². The molecule has 4 rings (SSSR count). The number of para-hydroxylation sites is 1. The highest BCUT2D eigenvalue weighted by Crippen LogP contribution is 2.34. The van der Waals surface area contributed by atoms with Crippen LogP contribution < -0.4 is 9.64 Å². The van der Waals surface area contributed by atoms with E-state index < -0.39 is 40.3 Å². The first-order valence-corrected chi connectivity index (χ1v) is 12.6. The Labute approximate surface area is 212 Å². The highest BCUT2D eigenvalue weighted by atomic mass is 35.5. The lowest BCUT2D eigenvalue weighted by Crippen LogP contribution is -2.50. The average molecular weight is 533 g/mol. The number of carbonyl (C=O) groups excluding carboxylic acids is 2. The van der Waals surface area contributed by atoms with E-state index in [2.05, 4.69) is 0 Å². The number of hydrogen-bond acceptors (Lipinski definition) is 6. The third-order valence-electron chi connectivity index (χ3n) is 5.87. The minimum atomic E-state index is -4.25. The van der Waals surface area contributed by atoms with Crippen LogP contribution in [0.25, 0.3) is 0 Å². The van der Waals surface area contributed by atoms with Gasteiger partial charge in [0.25, 0.3) is 5.91 Å². The zero-order chi connectivity index (χ0) is 26.0. The first-order valence-electron chi connectivity index (χ1n) is 10.8. The molecule has 8 nitrogen and oxygen atoms in total. The maximum atomic E-state index is 14.7. The second-order valence-corrected chi connectivity index (χ2v) is 10.2. The van der Waals surface area contributed by atoms with Crippen molar-refractivity contribution in [2.24, 2.45) is 0 Å². The number of methoxy groups -OCH3 is 2. The Balaban J connectivity index is 1.86. The fraction of sp³-hybridized carbons (Fsp3) is 0.200. The molecule has 0 radical (unpaired) electrons. The topological polar surface area (TPSA) is 93.2 Å². The van der Waals surface area contributed by atoms with E-state index >= 15 is 0 Å². The number of carbonyl (C=O) groups is 2. The summed E-state index contributed by atoms with van der Waals surface area (Å²) < 4.78 is 53.1. The predicted octanol–water partition coefficient (Wildman–Crippen LogP) is 3.88. The van der Waals surface area contributed by atoms with Crippen molar-refractivity contribution in [2.45, 2.75) is 17.5 Å². The van der Waals surface area contributed by atoms with Gasteiger partial charge in [-0.15, -0.1) is 0 Å². The third-order valence-corrected chi connectivity index (χ3v) is 8.06. The number of nitrogens with zero attached hydrogens (tertiary/aromatic N) is 2. The fourth-order valence-electron chi connectivity index (χ4n) is 4.04. The van der Waals surface area contributed by atoms with Crippen LogP contribution in [0.1, 0.15) is 15.9 Å². The van der Waals surface area contributed by atoms with Gasteiger partial charge in [0.2, 0.25) is 10.0 Å². The first-order chi connectivity index (χ1) is 17.2. The molecule has 3 aromatic rings. The molecule has 1 aliphatic heterocycles. The van der Waals surface area contributed by atoms with Gasteiger partial charge in [0.05, 0.1) is 36.2 Å². The van der Waals surface area contributed by atoms with Gasteiger partial charge in [-0.3, -0.25) is 9.59 Å². The summed E-state index contributed by atoms with van der Waals surface area (Å²) in [6.45, 7) is -0.665. The van der Waals surface area contributed by atoms with Gasteiger partial charge in [0.15, 0.2) is 0 Å². The Morgan fingerprint density at radius 2 is 1.69 bits per heavy atom. The third kappa shape index (κ3) is 4.67. The maximum Gasteiger partial charge on any atom is 0.326 e. The molecule has 11 heteroatoms. The first kappa shape index (κ1) is 25.6. The van der Waals surface area contributed by atoms with Crippen molar-refractivity contribution in [3.63, 3.8) is 0 Å². The van der Waals surface area contributed by atoms with Crippen molar-refractivity contribution in [2.75, 3.05) is 25.7 Å². The molecule has 1 unspecified atom stereocenters. The number of fused-ring (bicyclic) bond motifs is 1. The van der Waals surface area contributed by atoms with Gasteiger partial charge in [-0.2, -0.15) is 4.31 Å². The van der Waals surface area contributed by atoms with Crippen molar-refractivity contribution in [3.05, 3.63) is 88.7 Å². The zero-order valence-electron chi connectivity index (χ0n) is 19.4. The molecule has 1 atom stereocenters. The minimum Gasteiger partial charge on any atom is -0.497 e. The van der Waals surface area contributed by atoms with Gasteiger partial charge in [0.1, 0.15) is 17.6 Å². The molecule has 0 spiro atoms. The lowest BCUT2D eigenvalue weighted by atomic mass is 10.1. The molecule has 36 heavy (non-hydrogen) atoms. The molecule has 0 bridgehead atoms. The van der Waals surface area contributed by atoms with Gasteiger partial charge in [-0.1, -0.05) is 35.9 Å². The number of benzene rings is 3. The molecule has 1 amide bonds. The number of esters is 1. The number of amides is 1. The molecule has 1 aliphatic rings. The van der Waals surface area contributed by atoms with E-state index in [1.807, 2.05) is 0 Å². The van der Waals surface area contributed by atoms with E-state index in [0.717, 1.165) is 22.4 Å². The molecule has 0 N–H and O–H groups in total. The van der Waals surface area contributed by atoms with E-state index in [1.165, 1.54) is 43.5 Å². The summed E-state index contributed by atoms with van der Waals surface area (Å²) in [5, 5.41) is -0.112. The van der Waals surface area contributed by atoms with Crippen LogP contribution in [0.4, 0.5) is 10.1 Å². The van der Waals surface area contributed by atoms with Crippen LogP contribution in [0.3, 0.4) is 0 Å². The summed E-state index contributed by atoms with van der Waals surface area (Å²) in [6, 6.07) is 14.7. The van der Waals surface area contributed by atoms with Gasteiger partial charge in [-0.25, -0.2) is 12.8 Å². The number of halogens is 2. The number of ether oxygens (including phenoxy) is 2. The van der Waals surface area contributed by atoms with Crippen LogP contribution in [0.5, 0.6) is 5.75 Å². The highest BCUT2D eigenvalue weighted by molar-refractivity contribution is 7.89. The van der Waals surface area contributed by atoms with Crippen molar-refractivity contribution >= 4 is 39.2 Å². The summed E-state index contributed by atoms with van der Waals surface area (Å²) >= 11 is 6.15. The van der Waals surface area contributed by atoms with Gasteiger partial charge in [0, 0.05) is 12.2 Å². The highest BCUT2D eigenvalue weighted by Gasteiger charge is 2.42. The molecular formula is C25H22ClFN2O6S. The van der Waals surface area contributed by atoms with E-state index in [0.29, 0.717) is 17.0 Å². The number of rotatable bonds is 5. The largest absolute Gasteiger partial charge is 0.497 e. The van der Waals surface area contributed by atoms with Gasteiger partial charge < -0.3 is 14.4 Å². The Kier molecular flexibility index (Phi) is 7.30. The number of sulfonamides is 1. The Morgan fingerprint density at radius 3 is 2.33 bits per heavy atom. The van der Waals surface area contributed by atoms with Crippen LogP contribution in [0.2, 0.25) is 5.02 Å². The zero-order valence-corrected chi connectivity index (χ0v) is 20.9. The standard InChI is InChI=1S/C25H22ClFN2O6S/c1-34-17-10-12-18(13-11-17)36(32,33)29-14-16-6-3-4-9-21(16)28(15-22(29)25(31)35-2)24(30)23-19(26)7-5-8-20(23)27/h3-13,22H,14-15H2,1-2H3. The van der Waals surface area contributed by atoms with Crippen molar-refractivity contribution in [1.29, 1.82) is 0 Å². The van der Waals surface area contributed by atoms with E-state index in [1.54, 1.807) is 24.3 Å². The quantitative estimate of drug-likeness (QED) is 0.463. The van der Waals surface area contributed by atoms with E-state index in [4.69, 9.17) is 21.1 Å². The van der Waals surface area contributed by atoms with Crippen molar-refractivity contribution < 1.29 is 31.9 Å². The molecule has 0 aliphatic carbocycles. The van der Waals surface area contributed by atoms with Crippen LogP contribution in [-0.2, 0) is 26.1 Å². The smallest absolute Gasteiger partial charge is 0.326 e. The van der Waals surface area contributed by atoms with Crippen LogP contribution in [0, 0.1) is 5.82 Å². The fourth-order valence-corrected chi connectivity index (χ4v) is 5.83. The molecule has 0 aromatic heterocycles. The Hall–Kier alpha value is -3.47. The molecule has 188 valence electrons. The van der Waals surface area contributed by atoms with Gasteiger partial charge >= 0.3 is 5.97 Å². The second kappa shape index (κ2) is 10.3. The normalized spacial score (nSPS) is 16.1. The predicted molar refractivity (Wildman–Crippen MR) is 131 cm³/mol. The molecule has 0 saturated heterocycles. The number of anilines is 1. The maximum absolute atomic E-state index is 14.7. The van der Waals surface area contributed by atoms with Crippen LogP contribution in [-0.4, -0.2) is 51.4 Å². The molecule has 0 fully saturated rings. The average Bonchev–Trinajstić information content (AvgIpc) is 3.06. The lowest BCUT2D eigenvalue weighted by molar-refractivity contribution is -0.144. The summed E-state index contributed by atoms with van der Waals surface area (Å²) in [6.07, 6.45) is 0. The van der Waals surface area contributed by atoms with E-state index in [9.17, 15) is 22.4 Å². The SMILES string of the molecule is COC(=O)C1CN(C(=O)c2c(F)cccc2Cl)c2ccccc2CN1S(=O)(=O)c1ccc(OC)cc1. The molecule has 1 heterocycles. The summed E-state index contributed by atoms with van der Waals surface area (Å²) in [5.74, 6) is -2.08. The molecule has 0 saturated carbocycles. The number of hydrogen-bond donors (Lipinski definition) is 0. The second-order valence-electron chi connectivity index (χ2n) is 7.91. The summed E-state index contributed by atoms with van der Waals surface area (Å²) in [5.41, 5.74) is 0.369. The van der Waals surface area contributed by atoms with E-state index in [-0.39, 0.29) is 22.0 Å². The Morgan fingerprint density at radius 1 is 1.00 bits per heavy atom. The van der Waals surface area contributed by atoms with Crippen molar-refractivity contribution in [3.8, 4) is 5.75 Å². The minimum absolute atomic E-state index is 0.0772. The Bertz CT molecular complexity index is 1390. The molecular weight excluding hydrogens is 511 g/mol.